The zero-order valence-corrected chi connectivity index (χ0v) is 16.7. The first kappa shape index (κ1) is 17.8. The van der Waals surface area contributed by atoms with Crippen LogP contribution in [0.2, 0.25) is 0 Å². The Morgan fingerprint density at radius 1 is 0.957 bits per heavy atom. The van der Waals surface area contributed by atoms with Gasteiger partial charge in [0, 0.05) is 0 Å². The first-order valence-electron chi connectivity index (χ1n) is 11.0. The smallest absolute Gasteiger partial charge is 0.0319 e. The van der Waals surface area contributed by atoms with Crippen molar-refractivity contribution in [1.29, 1.82) is 0 Å². The van der Waals surface area contributed by atoms with Crippen molar-refractivity contribution in [3.63, 3.8) is 0 Å². The molecule has 3 aliphatic carbocycles. The summed E-state index contributed by atoms with van der Waals surface area (Å²) in [5, 5.41) is 0. The van der Waals surface area contributed by atoms with Gasteiger partial charge in [-0.25, -0.2) is 0 Å². The van der Waals surface area contributed by atoms with Crippen LogP contribution in [0, 0.1) is 59.2 Å². The van der Waals surface area contributed by atoms with Gasteiger partial charge in [-0.05, 0) is 91.3 Å². The number of rotatable bonds is 7. The highest BCUT2D eigenvalue weighted by Crippen LogP contribution is 2.66. The lowest BCUT2D eigenvalue weighted by molar-refractivity contribution is -0.0999. The van der Waals surface area contributed by atoms with Crippen LogP contribution in [0.15, 0.2) is 0 Å². The summed E-state index contributed by atoms with van der Waals surface area (Å²) in [6.45, 7) is 15.0. The third-order valence-electron chi connectivity index (χ3n) is 8.64. The maximum atomic E-state index is 2.59. The molecular formula is C23H42. The Bertz CT molecular complexity index is 383. The van der Waals surface area contributed by atoms with Crippen LogP contribution in [0.4, 0.5) is 0 Å². The van der Waals surface area contributed by atoms with E-state index < -0.39 is 0 Å². The molecule has 0 aromatic heterocycles. The minimum absolute atomic E-state index is 0.866. The van der Waals surface area contributed by atoms with E-state index in [-0.39, 0.29) is 0 Å². The van der Waals surface area contributed by atoms with E-state index in [0.29, 0.717) is 0 Å². The molecule has 0 heteroatoms. The molecule has 3 fully saturated rings. The minimum Gasteiger partial charge on any atom is -0.0654 e. The molecule has 0 amide bonds. The summed E-state index contributed by atoms with van der Waals surface area (Å²) in [5.41, 5.74) is 0. The standard InChI is InChI=1S/C23H42/c1-7-8-9-19(14(2)3)15(4)12-18-13-16(5)22-17(6)20-10-11-21(18)23(20)22/h14-23H,7-13H2,1-6H3. The van der Waals surface area contributed by atoms with Crippen LogP contribution in [-0.4, -0.2) is 0 Å². The molecule has 134 valence electrons. The fraction of sp³-hybridized carbons (Fsp3) is 1.00. The Morgan fingerprint density at radius 2 is 1.65 bits per heavy atom. The van der Waals surface area contributed by atoms with Gasteiger partial charge in [0.05, 0.1) is 0 Å². The van der Waals surface area contributed by atoms with E-state index >= 15 is 0 Å². The Hall–Kier alpha value is 0. The van der Waals surface area contributed by atoms with Crippen LogP contribution in [0.1, 0.15) is 86.5 Å². The molecule has 0 nitrogen and oxygen atoms in total. The second kappa shape index (κ2) is 7.09. The lowest BCUT2D eigenvalue weighted by atomic mass is 9.47. The normalized spacial score (nSPS) is 44.7. The lowest BCUT2D eigenvalue weighted by Gasteiger charge is -2.58. The van der Waals surface area contributed by atoms with Crippen LogP contribution in [0.5, 0.6) is 0 Å². The maximum absolute atomic E-state index is 2.59. The Labute approximate surface area is 146 Å². The molecule has 0 radical (unpaired) electrons. The predicted octanol–water partition coefficient (Wildman–Crippen LogP) is 7.04. The fourth-order valence-corrected chi connectivity index (χ4v) is 7.66. The number of unbranched alkanes of at least 4 members (excludes halogenated alkanes) is 1. The van der Waals surface area contributed by atoms with E-state index in [1.807, 2.05) is 0 Å². The minimum atomic E-state index is 0.866. The zero-order valence-electron chi connectivity index (χ0n) is 16.7. The molecule has 3 aliphatic rings. The molecule has 3 saturated carbocycles. The van der Waals surface area contributed by atoms with Gasteiger partial charge in [0.15, 0.2) is 0 Å². The first-order valence-corrected chi connectivity index (χ1v) is 11.0. The van der Waals surface area contributed by atoms with Crippen LogP contribution in [0.3, 0.4) is 0 Å². The van der Waals surface area contributed by atoms with E-state index in [4.69, 9.17) is 0 Å². The van der Waals surface area contributed by atoms with Gasteiger partial charge in [0.2, 0.25) is 0 Å². The number of hydrogen-bond acceptors (Lipinski definition) is 0. The van der Waals surface area contributed by atoms with Gasteiger partial charge in [-0.15, -0.1) is 0 Å². The Balaban J connectivity index is 1.63. The SMILES string of the molecule is CCCCC(C(C)C)C(C)CC1CC(C)C2C(C)C3CCC1C32. The van der Waals surface area contributed by atoms with Crippen molar-refractivity contribution >= 4 is 0 Å². The highest BCUT2D eigenvalue weighted by atomic mass is 14.6. The first-order chi connectivity index (χ1) is 11.0. The van der Waals surface area contributed by atoms with Gasteiger partial charge < -0.3 is 0 Å². The summed E-state index contributed by atoms with van der Waals surface area (Å²) >= 11 is 0. The quantitative estimate of drug-likeness (QED) is 0.472. The van der Waals surface area contributed by atoms with Crippen LogP contribution >= 0.6 is 0 Å². The molecular weight excluding hydrogens is 276 g/mol. The maximum Gasteiger partial charge on any atom is -0.0319 e. The van der Waals surface area contributed by atoms with Crippen molar-refractivity contribution in [3.8, 4) is 0 Å². The van der Waals surface area contributed by atoms with Gasteiger partial charge in [-0.3, -0.25) is 0 Å². The van der Waals surface area contributed by atoms with Gasteiger partial charge in [0.1, 0.15) is 0 Å². The summed E-state index contributed by atoms with van der Waals surface area (Å²) in [4.78, 5) is 0. The topological polar surface area (TPSA) is 0 Å². The third kappa shape index (κ3) is 3.13. The van der Waals surface area contributed by atoms with E-state index in [9.17, 15) is 0 Å². The average molecular weight is 319 g/mol. The van der Waals surface area contributed by atoms with Gasteiger partial charge in [-0.1, -0.05) is 54.4 Å². The summed E-state index contributed by atoms with van der Waals surface area (Å²) < 4.78 is 0. The molecule has 0 aromatic carbocycles. The zero-order chi connectivity index (χ0) is 16.7. The van der Waals surface area contributed by atoms with Crippen molar-refractivity contribution in [2.75, 3.05) is 0 Å². The van der Waals surface area contributed by atoms with Crippen LogP contribution in [0.25, 0.3) is 0 Å². The molecule has 0 N–H and O–H groups in total. The van der Waals surface area contributed by atoms with Crippen molar-refractivity contribution in [3.05, 3.63) is 0 Å². The monoisotopic (exact) mass is 318 g/mol. The lowest BCUT2D eigenvalue weighted by Crippen LogP contribution is -2.52. The van der Waals surface area contributed by atoms with Crippen LogP contribution < -0.4 is 0 Å². The molecule has 0 saturated heterocycles. The van der Waals surface area contributed by atoms with Crippen molar-refractivity contribution in [2.24, 2.45) is 59.2 Å². The number of hydrogen-bond donors (Lipinski definition) is 0. The van der Waals surface area contributed by atoms with E-state index in [1.54, 1.807) is 19.3 Å². The summed E-state index contributed by atoms with van der Waals surface area (Å²) in [7, 11) is 0. The molecule has 0 bridgehead atoms. The third-order valence-corrected chi connectivity index (χ3v) is 8.64. The Morgan fingerprint density at radius 3 is 2.30 bits per heavy atom. The second-order valence-corrected chi connectivity index (χ2v) is 10.2. The molecule has 9 atom stereocenters. The highest BCUT2D eigenvalue weighted by molar-refractivity contribution is 5.08. The largest absolute Gasteiger partial charge is 0.0654 e. The summed E-state index contributed by atoms with van der Waals surface area (Å²) in [6, 6.07) is 0. The van der Waals surface area contributed by atoms with E-state index in [0.717, 1.165) is 59.2 Å². The average Bonchev–Trinajstić information content (AvgIpc) is 2.88. The van der Waals surface area contributed by atoms with Crippen molar-refractivity contribution in [1.82, 2.24) is 0 Å². The Kier molecular flexibility index (Phi) is 5.49. The highest BCUT2D eigenvalue weighted by Gasteiger charge is 2.60. The summed E-state index contributed by atoms with van der Waals surface area (Å²) in [5.74, 6) is 10.3. The van der Waals surface area contributed by atoms with Gasteiger partial charge in [-0.2, -0.15) is 0 Å². The van der Waals surface area contributed by atoms with Crippen molar-refractivity contribution < 1.29 is 0 Å². The molecule has 3 rings (SSSR count). The molecule has 0 aromatic rings. The predicted molar refractivity (Wildman–Crippen MR) is 101 cm³/mol. The second-order valence-electron chi connectivity index (χ2n) is 10.2. The molecule has 23 heavy (non-hydrogen) atoms. The van der Waals surface area contributed by atoms with Crippen molar-refractivity contribution in [2.45, 2.75) is 86.5 Å². The van der Waals surface area contributed by atoms with Gasteiger partial charge in [0.25, 0.3) is 0 Å². The fourth-order valence-electron chi connectivity index (χ4n) is 7.66. The van der Waals surface area contributed by atoms with Crippen LogP contribution in [-0.2, 0) is 0 Å². The molecule has 0 heterocycles. The molecule has 0 aliphatic heterocycles. The van der Waals surface area contributed by atoms with E-state index in [1.165, 1.54) is 25.7 Å². The molecule has 9 unspecified atom stereocenters. The molecule has 0 spiro atoms. The summed E-state index contributed by atoms with van der Waals surface area (Å²) in [6.07, 6.45) is 10.5. The van der Waals surface area contributed by atoms with Gasteiger partial charge >= 0.3 is 0 Å². The van der Waals surface area contributed by atoms with E-state index in [2.05, 4.69) is 41.5 Å².